The zero-order valence-electron chi connectivity index (χ0n) is 18.2. The van der Waals surface area contributed by atoms with Gasteiger partial charge in [0.15, 0.2) is 11.5 Å². The predicted octanol–water partition coefficient (Wildman–Crippen LogP) is 4.26. The lowest BCUT2D eigenvalue weighted by Gasteiger charge is -2.12. The van der Waals surface area contributed by atoms with Gasteiger partial charge in [-0.3, -0.25) is 0 Å². The SMILES string of the molecule is COc1ccc(S(=O)(=O)N/N=C\c2ccc(OCc3ccc(Cl)cc3)c(OC)c2)c(OC)c1. The summed E-state index contributed by atoms with van der Waals surface area (Å²) < 4.78 is 46.7. The van der Waals surface area contributed by atoms with Crippen LogP contribution in [0.1, 0.15) is 11.1 Å². The van der Waals surface area contributed by atoms with E-state index in [0.29, 0.717) is 34.4 Å². The second-order valence-corrected chi connectivity index (χ2v) is 8.76. The van der Waals surface area contributed by atoms with Gasteiger partial charge in [-0.2, -0.15) is 18.4 Å². The molecule has 1 N–H and O–H groups in total. The molecule has 0 atom stereocenters. The smallest absolute Gasteiger partial charge is 0.280 e. The highest BCUT2D eigenvalue weighted by atomic mass is 35.5. The Balaban J connectivity index is 1.70. The Morgan fingerprint density at radius 2 is 1.61 bits per heavy atom. The van der Waals surface area contributed by atoms with Crippen LogP contribution in [-0.4, -0.2) is 36.0 Å². The number of nitrogens with one attached hydrogen (secondary N) is 1. The third-order valence-electron chi connectivity index (χ3n) is 4.54. The van der Waals surface area contributed by atoms with E-state index in [1.807, 2.05) is 12.1 Å². The summed E-state index contributed by atoms with van der Waals surface area (Å²) in [7, 11) is 0.415. The van der Waals surface area contributed by atoms with Crippen LogP contribution >= 0.6 is 11.6 Å². The first-order valence-corrected chi connectivity index (χ1v) is 11.5. The number of halogens is 1. The van der Waals surface area contributed by atoms with Crippen molar-refractivity contribution in [3.8, 4) is 23.0 Å². The van der Waals surface area contributed by atoms with Crippen LogP contribution < -0.4 is 23.8 Å². The number of hydrogen-bond donors (Lipinski definition) is 1. The van der Waals surface area contributed by atoms with Gasteiger partial charge in [0.1, 0.15) is 23.0 Å². The Hall–Kier alpha value is -3.43. The fraction of sp³-hybridized carbons (Fsp3) is 0.174. The molecule has 0 aliphatic rings. The Morgan fingerprint density at radius 3 is 2.27 bits per heavy atom. The minimum Gasteiger partial charge on any atom is -0.497 e. The standard InChI is InChI=1S/C23H23ClN2O6S/c1-29-19-9-11-23(22(13-19)31-3)33(27,28)26-25-14-17-6-10-20(21(12-17)30-2)32-15-16-4-7-18(24)8-5-16/h4-14,26H,15H2,1-3H3/b25-14-. The lowest BCUT2D eigenvalue weighted by Crippen LogP contribution is -2.19. The summed E-state index contributed by atoms with van der Waals surface area (Å²) in [5, 5.41) is 4.51. The first-order valence-electron chi connectivity index (χ1n) is 9.68. The summed E-state index contributed by atoms with van der Waals surface area (Å²) >= 11 is 5.90. The summed E-state index contributed by atoms with van der Waals surface area (Å²) in [5.74, 6) is 1.63. The molecule has 0 aromatic heterocycles. The van der Waals surface area contributed by atoms with E-state index < -0.39 is 10.0 Å². The number of hydrogen-bond acceptors (Lipinski definition) is 7. The van der Waals surface area contributed by atoms with Crippen LogP contribution in [0.3, 0.4) is 0 Å². The first kappa shape index (κ1) is 24.2. The largest absolute Gasteiger partial charge is 0.497 e. The van der Waals surface area contributed by atoms with Crippen molar-refractivity contribution in [1.82, 2.24) is 4.83 Å². The molecule has 3 rings (SSSR count). The molecule has 3 aromatic rings. The Kier molecular flexibility index (Phi) is 8.02. The number of benzene rings is 3. The quantitative estimate of drug-likeness (QED) is 0.337. The van der Waals surface area contributed by atoms with E-state index in [1.165, 1.54) is 45.7 Å². The minimum atomic E-state index is -3.96. The van der Waals surface area contributed by atoms with E-state index >= 15 is 0 Å². The van der Waals surface area contributed by atoms with Crippen molar-refractivity contribution < 1.29 is 27.4 Å². The summed E-state index contributed by atoms with van der Waals surface area (Å²) in [5.41, 5.74) is 1.56. The molecule has 8 nitrogen and oxygen atoms in total. The van der Waals surface area contributed by atoms with Gasteiger partial charge in [-0.25, -0.2) is 0 Å². The van der Waals surface area contributed by atoms with Crippen LogP contribution in [-0.2, 0) is 16.6 Å². The maximum atomic E-state index is 12.6. The van der Waals surface area contributed by atoms with Crippen LogP contribution in [0.4, 0.5) is 0 Å². The molecule has 0 fully saturated rings. The highest BCUT2D eigenvalue weighted by Gasteiger charge is 2.19. The van der Waals surface area contributed by atoms with Crippen molar-refractivity contribution in [2.75, 3.05) is 21.3 Å². The molecular weight excluding hydrogens is 468 g/mol. The fourth-order valence-corrected chi connectivity index (χ4v) is 3.91. The highest BCUT2D eigenvalue weighted by molar-refractivity contribution is 7.89. The average molecular weight is 491 g/mol. The van der Waals surface area contributed by atoms with E-state index in [1.54, 1.807) is 30.3 Å². The van der Waals surface area contributed by atoms with Crippen LogP contribution in [0.15, 0.2) is 70.7 Å². The topological polar surface area (TPSA) is 95.5 Å². The van der Waals surface area contributed by atoms with E-state index in [2.05, 4.69) is 9.93 Å². The summed E-state index contributed by atoms with van der Waals surface area (Å²) in [6.45, 7) is 0.338. The van der Waals surface area contributed by atoms with Gasteiger partial charge in [0.05, 0.1) is 27.5 Å². The Labute approximate surface area is 197 Å². The normalized spacial score (nSPS) is 11.3. The van der Waals surface area contributed by atoms with Gasteiger partial charge < -0.3 is 18.9 Å². The molecule has 0 spiro atoms. The fourth-order valence-electron chi connectivity index (χ4n) is 2.84. The molecule has 33 heavy (non-hydrogen) atoms. The third-order valence-corrected chi connectivity index (χ3v) is 6.06. The number of rotatable bonds is 10. The minimum absolute atomic E-state index is 0.0634. The maximum absolute atomic E-state index is 12.6. The van der Waals surface area contributed by atoms with Crippen molar-refractivity contribution in [3.05, 3.63) is 76.8 Å². The van der Waals surface area contributed by atoms with Gasteiger partial charge in [0, 0.05) is 11.1 Å². The van der Waals surface area contributed by atoms with Crippen molar-refractivity contribution in [2.24, 2.45) is 5.10 Å². The molecule has 3 aromatic carbocycles. The first-order chi connectivity index (χ1) is 15.9. The number of hydrazone groups is 1. The average Bonchev–Trinajstić information content (AvgIpc) is 2.83. The number of methoxy groups -OCH3 is 3. The van der Waals surface area contributed by atoms with Crippen LogP contribution in [0.25, 0.3) is 0 Å². The Morgan fingerprint density at radius 1 is 0.879 bits per heavy atom. The van der Waals surface area contributed by atoms with E-state index in [4.69, 9.17) is 30.5 Å². The van der Waals surface area contributed by atoms with E-state index in [0.717, 1.165) is 5.56 Å². The second-order valence-electron chi connectivity index (χ2n) is 6.70. The maximum Gasteiger partial charge on any atom is 0.280 e. The second kappa shape index (κ2) is 10.9. The molecule has 0 saturated heterocycles. The molecule has 0 heterocycles. The van der Waals surface area contributed by atoms with Gasteiger partial charge in [-0.15, -0.1) is 0 Å². The lowest BCUT2D eigenvalue weighted by atomic mass is 10.2. The van der Waals surface area contributed by atoms with Gasteiger partial charge in [-0.1, -0.05) is 23.7 Å². The number of nitrogens with zero attached hydrogens (tertiary/aromatic N) is 1. The van der Waals surface area contributed by atoms with Crippen LogP contribution in [0.5, 0.6) is 23.0 Å². The number of ether oxygens (including phenoxy) is 4. The van der Waals surface area contributed by atoms with E-state index in [-0.39, 0.29) is 10.6 Å². The molecule has 0 unspecified atom stereocenters. The molecule has 0 aliphatic heterocycles. The summed E-state index contributed by atoms with van der Waals surface area (Å²) in [4.78, 5) is 2.11. The van der Waals surface area contributed by atoms with Gasteiger partial charge in [-0.05, 0) is 53.6 Å². The lowest BCUT2D eigenvalue weighted by molar-refractivity contribution is 0.284. The molecule has 0 amide bonds. The molecule has 0 aliphatic carbocycles. The summed E-state index contributed by atoms with van der Waals surface area (Å²) in [6, 6.07) is 16.8. The van der Waals surface area contributed by atoms with Crippen molar-refractivity contribution >= 4 is 27.8 Å². The van der Waals surface area contributed by atoms with Gasteiger partial charge in [0.25, 0.3) is 10.0 Å². The van der Waals surface area contributed by atoms with Gasteiger partial charge >= 0.3 is 0 Å². The monoisotopic (exact) mass is 490 g/mol. The zero-order valence-corrected chi connectivity index (χ0v) is 19.8. The molecule has 174 valence electrons. The molecule has 0 bridgehead atoms. The molecule has 0 radical (unpaired) electrons. The van der Waals surface area contributed by atoms with Crippen molar-refractivity contribution in [2.45, 2.75) is 11.5 Å². The molecule has 0 saturated carbocycles. The molecule has 10 heteroatoms. The van der Waals surface area contributed by atoms with Crippen LogP contribution in [0, 0.1) is 0 Å². The van der Waals surface area contributed by atoms with Gasteiger partial charge in [0.2, 0.25) is 0 Å². The molecular formula is C23H23ClN2O6S. The van der Waals surface area contributed by atoms with Crippen molar-refractivity contribution in [3.63, 3.8) is 0 Å². The van der Waals surface area contributed by atoms with E-state index in [9.17, 15) is 8.42 Å². The third kappa shape index (κ3) is 6.30. The summed E-state index contributed by atoms with van der Waals surface area (Å²) in [6.07, 6.45) is 1.36. The Bertz CT molecular complexity index is 1230. The van der Waals surface area contributed by atoms with Crippen LogP contribution in [0.2, 0.25) is 5.02 Å². The zero-order chi connectivity index (χ0) is 23.8. The predicted molar refractivity (Wildman–Crippen MR) is 126 cm³/mol. The highest BCUT2D eigenvalue weighted by Crippen LogP contribution is 2.29. The van der Waals surface area contributed by atoms with Crippen molar-refractivity contribution in [1.29, 1.82) is 0 Å². The number of sulfonamides is 1.